The summed E-state index contributed by atoms with van der Waals surface area (Å²) in [5, 5.41) is 2.60. The largest absolute Gasteiger partial charge is 0.436 e. The van der Waals surface area contributed by atoms with Gasteiger partial charge in [-0.2, -0.15) is 0 Å². The lowest BCUT2D eigenvalue weighted by molar-refractivity contribution is -0.133. The molecule has 0 bridgehead atoms. The zero-order valence-electron chi connectivity index (χ0n) is 18.8. The number of aldehydes is 1. The van der Waals surface area contributed by atoms with Crippen molar-refractivity contribution in [2.24, 2.45) is 11.7 Å². The lowest BCUT2D eigenvalue weighted by Gasteiger charge is -2.26. The Morgan fingerprint density at radius 3 is 2.50 bits per heavy atom. The Balaban J connectivity index is 1.81. The van der Waals surface area contributed by atoms with Crippen LogP contribution >= 0.6 is 0 Å². The molecule has 0 radical (unpaired) electrons. The molecule has 0 aromatic heterocycles. The van der Waals surface area contributed by atoms with E-state index in [-0.39, 0.29) is 24.7 Å². The summed E-state index contributed by atoms with van der Waals surface area (Å²) in [5.41, 5.74) is 6.28. The van der Waals surface area contributed by atoms with Gasteiger partial charge in [-0.1, -0.05) is 62.4 Å². The lowest BCUT2D eigenvalue weighted by Crippen LogP contribution is -2.45. The number of benzene rings is 1. The maximum absolute atomic E-state index is 12.7. The van der Waals surface area contributed by atoms with Gasteiger partial charge in [0.05, 0.1) is 6.04 Å². The Bertz CT molecular complexity index is 749. The highest BCUT2D eigenvalue weighted by Gasteiger charge is 2.28. The van der Waals surface area contributed by atoms with E-state index in [1.807, 2.05) is 30.3 Å². The predicted molar refractivity (Wildman–Crippen MR) is 121 cm³/mol. The van der Waals surface area contributed by atoms with Gasteiger partial charge in [0.15, 0.2) is 6.10 Å². The molecule has 0 heterocycles. The summed E-state index contributed by atoms with van der Waals surface area (Å²) in [6, 6.07) is 9.04. The molecule has 3 amide bonds. The van der Waals surface area contributed by atoms with Crippen LogP contribution in [0, 0.1) is 5.92 Å². The normalized spacial score (nSPS) is 15.9. The zero-order chi connectivity index (χ0) is 23.3. The van der Waals surface area contributed by atoms with Gasteiger partial charge in [-0.3, -0.25) is 9.59 Å². The van der Waals surface area contributed by atoms with Crippen LogP contribution in [0.5, 0.6) is 0 Å². The Hall–Kier alpha value is -2.90. The van der Waals surface area contributed by atoms with Crippen molar-refractivity contribution in [3.63, 3.8) is 0 Å². The van der Waals surface area contributed by atoms with Crippen molar-refractivity contribution in [1.29, 1.82) is 0 Å². The topological polar surface area (TPSA) is 119 Å². The molecular formula is C24H35N3O5. The van der Waals surface area contributed by atoms with Gasteiger partial charge in [0.1, 0.15) is 6.29 Å². The minimum Gasteiger partial charge on any atom is -0.436 e. The molecule has 32 heavy (non-hydrogen) atoms. The molecule has 2 unspecified atom stereocenters. The van der Waals surface area contributed by atoms with Crippen LogP contribution in [-0.4, -0.2) is 54.8 Å². The number of nitrogens with two attached hydrogens (primary N) is 1. The number of carbonyl (C=O) groups excluding carboxylic acids is 4. The smallest absolute Gasteiger partial charge is 0.405 e. The van der Waals surface area contributed by atoms with Gasteiger partial charge in [0.25, 0.3) is 5.91 Å². The number of primary amides is 1. The van der Waals surface area contributed by atoms with Crippen molar-refractivity contribution in [3.05, 3.63) is 35.9 Å². The van der Waals surface area contributed by atoms with Crippen molar-refractivity contribution >= 4 is 24.2 Å². The quantitative estimate of drug-likeness (QED) is 0.479. The number of rotatable bonds is 12. The number of nitrogens with zero attached hydrogens (tertiary/aromatic N) is 1. The van der Waals surface area contributed by atoms with E-state index in [2.05, 4.69) is 5.32 Å². The minimum absolute atomic E-state index is 0.103. The molecule has 176 valence electrons. The van der Waals surface area contributed by atoms with Crippen LogP contribution < -0.4 is 11.1 Å². The highest BCUT2D eigenvalue weighted by atomic mass is 16.6. The molecule has 0 spiro atoms. The first-order valence-corrected chi connectivity index (χ1v) is 11.4. The average molecular weight is 446 g/mol. The number of likely N-dealkylation sites (N-methyl/N-ethyl adjacent to an activating group) is 1. The van der Waals surface area contributed by atoms with Gasteiger partial charge in [0.2, 0.25) is 5.91 Å². The second-order valence-electron chi connectivity index (χ2n) is 8.51. The van der Waals surface area contributed by atoms with Crippen molar-refractivity contribution in [2.75, 3.05) is 13.6 Å². The Labute approximate surface area is 189 Å². The molecule has 1 aromatic carbocycles. The van der Waals surface area contributed by atoms with E-state index in [4.69, 9.17) is 10.5 Å². The van der Waals surface area contributed by atoms with E-state index in [0.29, 0.717) is 19.3 Å². The van der Waals surface area contributed by atoms with E-state index < -0.39 is 24.1 Å². The fourth-order valence-corrected chi connectivity index (χ4v) is 4.06. The lowest BCUT2D eigenvalue weighted by atomic mass is 9.85. The van der Waals surface area contributed by atoms with Crippen LogP contribution in [0.25, 0.3) is 0 Å². The van der Waals surface area contributed by atoms with Crippen molar-refractivity contribution in [1.82, 2.24) is 10.2 Å². The van der Waals surface area contributed by atoms with Gasteiger partial charge in [0, 0.05) is 20.0 Å². The standard InChI is InChI=1S/C24H35N3O5/c1-27(15-14-18-8-4-2-5-9-18)22(29)13-12-20(17-28)26-23(30)21(32-24(25)31)16-19-10-6-3-7-11-19/h2,4-5,8-9,17,19-21H,3,6-7,10-16H2,1H3,(H2,25,31)(H,26,30). The summed E-state index contributed by atoms with van der Waals surface area (Å²) in [7, 11) is 1.72. The minimum atomic E-state index is -1.03. The van der Waals surface area contributed by atoms with Crippen molar-refractivity contribution in [2.45, 2.75) is 69.9 Å². The van der Waals surface area contributed by atoms with Crippen LogP contribution in [0.2, 0.25) is 0 Å². The molecule has 1 aromatic rings. The molecule has 0 aliphatic heterocycles. The molecule has 1 fully saturated rings. The van der Waals surface area contributed by atoms with Gasteiger partial charge in [-0.05, 0) is 30.7 Å². The molecule has 1 aliphatic carbocycles. The molecule has 2 atom stereocenters. The van der Waals surface area contributed by atoms with Gasteiger partial charge < -0.3 is 25.5 Å². The summed E-state index contributed by atoms with van der Waals surface area (Å²) in [6.45, 7) is 0.566. The summed E-state index contributed by atoms with van der Waals surface area (Å²) in [5.74, 6) is -0.362. The molecule has 8 heteroatoms. The predicted octanol–water partition coefficient (Wildman–Crippen LogP) is 2.59. The Kier molecular flexibility index (Phi) is 10.7. The third kappa shape index (κ3) is 9.08. The van der Waals surface area contributed by atoms with Crippen molar-refractivity contribution < 1.29 is 23.9 Å². The maximum Gasteiger partial charge on any atom is 0.405 e. The SMILES string of the molecule is CN(CCc1ccccc1)C(=O)CCC(C=O)NC(=O)C(CC1CCCCC1)OC(N)=O. The van der Waals surface area contributed by atoms with Gasteiger partial charge >= 0.3 is 6.09 Å². The fraction of sp³-hybridized carbons (Fsp3) is 0.583. The van der Waals surface area contributed by atoms with Crippen LogP contribution in [-0.2, 0) is 25.5 Å². The molecule has 0 saturated heterocycles. The summed E-state index contributed by atoms with van der Waals surface area (Å²) in [4.78, 5) is 49.5. The van der Waals surface area contributed by atoms with Crippen LogP contribution in [0.1, 0.15) is 56.9 Å². The Morgan fingerprint density at radius 2 is 1.88 bits per heavy atom. The fourth-order valence-electron chi connectivity index (χ4n) is 4.06. The first-order valence-electron chi connectivity index (χ1n) is 11.4. The van der Waals surface area contributed by atoms with Crippen LogP contribution in [0.15, 0.2) is 30.3 Å². The molecule has 8 nitrogen and oxygen atoms in total. The number of nitrogens with one attached hydrogen (secondary N) is 1. The second kappa shape index (κ2) is 13.5. The molecule has 1 saturated carbocycles. The van der Waals surface area contributed by atoms with E-state index in [9.17, 15) is 19.2 Å². The summed E-state index contributed by atoms with van der Waals surface area (Å²) >= 11 is 0. The summed E-state index contributed by atoms with van der Waals surface area (Å²) in [6.07, 6.45) is 5.31. The molecule has 1 aliphatic rings. The third-order valence-electron chi connectivity index (χ3n) is 5.99. The number of hydrogen-bond donors (Lipinski definition) is 2. The number of amides is 3. The number of carbonyl (C=O) groups is 4. The zero-order valence-corrected chi connectivity index (χ0v) is 18.8. The van der Waals surface area contributed by atoms with Crippen LogP contribution in [0.4, 0.5) is 4.79 Å². The average Bonchev–Trinajstić information content (AvgIpc) is 2.80. The monoisotopic (exact) mass is 445 g/mol. The van der Waals surface area contributed by atoms with Gasteiger partial charge in [-0.15, -0.1) is 0 Å². The maximum atomic E-state index is 12.7. The van der Waals surface area contributed by atoms with E-state index in [1.165, 1.54) is 6.42 Å². The van der Waals surface area contributed by atoms with Crippen molar-refractivity contribution in [3.8, 4) is 0 Å². The van der Waals surface area contributed by atoms with E-state index >= 15 is 0 Å². The van der Waals surface area contributed by atoms with E-state index in [0.717, 1.165) is 37.7 Å². The third-order valence-corrected chi connectivity index (χ3v) is 5.99. The number of ether oxygens (including phenoxy) is 1. The first kappa shape index (κ1) is 25.4. The summed E-state index contributed by atoms with van der Waals surface area (Å²) < 4.78 is 5.03. The highest BCUT2D eigenvalue weighted by Crippen LogP contribution is 2.28. The highest BCUT2D eigenvalue weighted by molar-refractivity contribution is 5.85. The van der Waals surface area contributed by atoms with Gasteiger partial charge in [-0.25, -0.2) is 4.79 Å². The molecule has 2 rings (SSSR count). The van der Waals surface area contributed by atoms with Crippen LogP contribution in [0.3, 0.4) is 0 Å². The first-order chi connectivity index (χ1) is 15.4. The number of hydrogen-bond acceptors (Lipinski definition) is 5. The second-order valence-corrected chi connectivity index (χ2v) is 8.51. The van der Waals surface area contributed by atoms with E-state index in [1.54, 1.807) is 11.9 Å². The Morgan fingerprint density at radius 1 is 1.19 bits per heavy atom. The molecule has 3 N–H and O–H groups in total. The molecular weight excluding hydrogens is 410 g/mol.